The number of guanidine groups is 1. The fourth-order valence-electron chi connectivity index (χ4n) is 4.68. The van der Waals surface area contributed by atoms with Gasteiger partial charge in [0.1, 0.15) is 0 Å². The van der Waals surface area contributed by atoms with Gasteiger partial charge in [0.25, 0.3) is 0 Å². The Kier molecular flexibility index (Phi) is 7.43. The first-order chi connectivity index (χ1) is 12.3. The first-order valence-electron chi connectivity index (χ1n) is 9.98. The standard InChI is InChI=1S/C19H31N5S.HI/c1-20-18(24-12-15-6-2-3-7-16(15)13-24)21-9-8-17-14-25-19(22-17)23-10-4-5-11-23;/h14-16H,2-13H2,1H3,(H,20,21);1H. The lowest BCUT2D eigenvalue weighted by molar-refractivity contribution is 0.299. The first-order valence-corrected chi connectivity index (χ1v) is 10.9. The van der Waals surface area contributed by atoms with Gasteiger partial charge in [0.05, 0.1) is 5.69 Å². The van der Waals surface area contributed by atoms with Crippen molar-refractivity contribution in [3.05, 3.63) is 11.1 Å². The highest BCUT2D eigenvalue weighted by Gasteiger charge is 2.35. The molecule has 2 saturated heterocycles. The van der Waals surface area contributed by atoms with Gasteiger partial charge in [0, 0.05) is 51.6 Å². The maximum atomic E-state index is 4.82. The number of thiazole rings is 1. The molecule has 3 aliphatic rings. The molecule has 2 atom stereocenters. The molecule has 0 amide bonds. The number of hydrogen-bond donors (Lipinski definition) is 1. The Morgan fingerprint density at radius 1 is 1.19 bits per heavy atom. The quantitative estimate of drug-likeness (QED) is 0.399. The van der Waals surface area contributed by atoms with E-state index >= 15 is 0 Å². The summed E-state index contributed by atoms with van der Waals surface area (Å²) in [4.78, 5) is 14.3. The Labute approximate surface area is 178 Å². The summed E-state index contributed by atoms with van der Waals surface area (Å²) in [6, 6.07) is 0. The number of nitrogens with zero attached hydrogens (tertiary/aromatic N) is 4. The molecular formula is C19H32IN5S. The molecule has 0 bridgehead atoms. The number of halogens is 1. The molecule has 3 fully saturated rings. The van der Waals surface area contributed by atoms with Gasteiger partial charge >= 0.3 is 0 Å². The molecule has 146 valence electrons. The van der Waals surface area contributed by atoms with Crippen LogP contribution in [0.3, 0.4) is 0 Å². The van der Waals surface area contributed by atoms with Crippen molar-refractivity contribution < 1.29 is 0 Å². The van der Waals surface area contributed by atoms with E-state index in [4.69, 9.17) is 4.98 Å². The van der Waals surface area contributed by atoms with Crippen molar-refractivity contribution in [1.82, 2.24) is 15.2 Å². The molecule has 4 rings (SSSR count). The molecule has 0 spiro atoms. The van der Waals surface area contributed by atoms with E-state index in [0.29, 0.717) is 0 Å². The van der Waals surface area contributed by atoms with Gasteiger partial charge in [0.15, 0.2) is 11.1 Å². The Morgan fingerprint density at radius 3 is 2.54 bits per heavy atom. The van der Waals surface area contributed by atoms with Crippen LogP contribution in [-0.2, 0) is 6.42 Å². The Bertz CT molecular complexity index is 585. The van der Waals surface area contributed by atoms with Crippen molar-refractivity contribution in [2.24, 2.45) is 16.8 Å². The monoisotopic (exact) mass is 489 g/mol. The van der Waals surface area contributed by atoms with Crippen LogP contribution in [0.4, 0.5) is 5.13 Å². The summed E-state index contributed by atoms with van der Waals surface area (Å²) >= 11 is 1.80. The molecule has 1 saturated carbocycles. The van der Waals surface area contributed by atoms with Gasteiger partial charge in [-0.1, -0.05) is 12.8 Å². The molecule has 0 aromatic carbocycles. The Morgan fingerprint density at radius 2 is 1.88 bits per heavy atom. The predicted molar refractivity (Wildman–Crippen MR) is 121 cm³/mol. The molecular weight excluding hydrogens is 457 g/mol. The molecule has 1 aromatic rings. The molecule has 1 aliphatic carbocycles. The van der Waals surface area contributed by atoms with E-state index < -0.39 is 0 Å². The molecule has 7 heteroatoms. The zero-order chi connectivity index (χ0) is 17.1. The number of aromatic nitrogens is 1. The van der Waals surface area contributed by atoms with Crippen LogP contribution in [-0.4, -0.2) is 55.6 Å². The van der Waals surface area contributed by atoms with Crippen molar-refractivity contribution in [1.29, 1.82) is 0 Å². The molecule has 1 N–H and O–H groups in total. The zero-order valence-electron chi connectivity index (χ0n) is 15.8. The minimum absolute atomic E-state index is 0. The van der Waals surface area contributed by atoms with Crippen molar-refractivity contribution in [2.45, 2.75) is 44.9 Å². The number of nitrogens with one attached hydrogen (secondary N) is 1. The summed E-state index contributed by atoms with van der Waals surface area (Å²) in [7, 11) is 1.92. The second kappa shape index (κ2) is 9.57. The highest BCUT2D eigenvalue weighted by molar-refractivity contribution is 14.0. The average molecular weight is 489 g/mol. The molecule has 2 aliphatic heterocycles. The van der Waals surface area contributed by atoms with E-state index in [0.717, 1.165) is 30.8 Å². The number of aliphatic imine (C=N–C) groups is 1. The topological polar surface area (TPSA) is 43.8 Å². The van der Waals surface area contributed by atoms with Gasteiger partial charge < -0.3 is 15.1 Å². The smallest absolute Gasteiger partial charge is 0.193 e. The van der Waals surface area contributed by atoms with Crippen LogP contribution in [0.5, 0.6) is 0 Å². The van der Waals surface area contributed by atoms with Crippen molar-refractivity contribution in [3.63, 3.8) is 0 Å². The summed E-state index contributed by atoms with van der Waals surface area (Å²) in [6.45, 7) is 5.66. The van der Waals surface area contributed by atoms with Gasteiger partial charge in [0.2, 0.25) is 0 Å². The summed E-state index contributed by atoms with van der Waals surface area (Å²) in [5.41, 5.74) is 1.21. The number of hydrogen-bond acceptors (Lipinski definition) is 4. The molecule has 1 aromatic heterocycles. The highest BCUT2D eigenvalue weighted by Crippen LogP contribution is 2.35. The van der Waals surface area contributed by atoms with Gasteiger partial charge in [-0.3, -0.25) is 4.99 Å². The van der Waals surface area contributed by atoms with Crippen LogP contribution in [0.1, 0.15) is 44.2 Å². The fraction of sp³-hybridized carbons (Fsp3) is 0.789. The lowest BCUT2D eigenvalue weighted by Crippen LogP contribution is -2.41. The molecule has 0 radical (unpaired) electrons. The summed E-state index contributed by atoms with van der Waals surface area (Å²) in [5.74, 6) is 2.88. The van der Waals surface area contributed by atoms with E-state index in [2.05, 4.69) is 25.5 Å². The van der Waals surface area contributed by atoms with Crippen LogP contribution in [0.15, 0.2) is 10.4 Å². The van der Waals surface area contributed by atoms with Crippen LogP contribution >= 0.6 is 35.3 Å². The van der Waals surface area contributed by atoms with Gasteiger partial charge in [-0.15, -0.1) is 35.3 Å². The van der Waals surface area contributed by atoms with E-state index in [1.165, 1.54) is 75.5 Å². The number of fused-ring (bicyclic) bond motifs is 1. The fourth-order valence-corrected chi connectivity index (χ4v) is 5.59. The average Bonchev–Trinajstić information content (AvgIpc) is 3.38. The van der Waals surface area contributed by atoms with Gasteiger partial charge in [-0.25, -0.2) is 4.98 Å². The highest BCUT2D eigenvalue weighted by atomic mass is 127. The summed E-state index contributed by atoms with van der Waals surface area (Å²) in [5, 5.41) is 7.01. The normalized spacial score (nSPS) is 26.0. The number of likely N-dealkylation sites (tertiary alicyclic amines) is 1. The lowest BCUT2D eigenvalue weighted by Gasteiger charge is -2.22. The lowest BCUT2D eigenvalue weighted by atomic mass is 9.82. The largest absolute Gasteiger partial charge is 0.356 e. The zero-order valence-corrected chi connectivity index (χ0v) is 19.0. The van der Waals surface area contributed by atoms with Crippen LogP contribution in [0, 0.1) is 11.8 Å². The van der Waals surface area contributed by atoms with E-state index in [1.54, 1.807) is 11.3 Å². The van der Waals surface area contributed by atoms with Crippen molar-refractivity contribution in [2.75, 3.05) is 44.7 Å². The molecule has 3 heterocycles. The summed E-state index contributed by atoms with van der Waals surface area (Å²) < 4.78 is 0. The van der Waals surface area contributed by atoms with Crippen LogP contribution in [0.25, 0.3) is 0 Å². The minimum Gasteiger partial charge on any atom is -0.356 e. The van der Waals surface area contributed by atoms with Gasteiger partial charge in [-0.2, -0.15) is 0 Å². The second-order valence-corrected chi connectivity index (χ2v) is 8.59. The Balaban J connectivity index is 0.00000196. The molecule has 5 nitrogen and oxygen atoms in total. The molecule has 26 heavy (non-hydrogen) atoms. The summed E-state index contributed by atoms with van der Waals surface area (Å²) in [6.07, 6.45) is 9.26. The third kappa shape index (κ3) is 4.64. The maximum Gasteiger partial charge on any atom is 0.193 e. The number of anilines is 1. The third-order valence-corrected chi connectivity index (χ3v) is 7.02. The second-order valence-electron chi connectivity index (χ2n) is 7.75. The number of rotatable bonds is 4. The predicted octanol–water partition coefficient (Wildman–Crippen LogP) is 3.60. The SMILES string of the molecule is CN=C(NCCc1csc(N2CCCC2)n1)N1CC2CCCCC2C1.I. The minimum atomic E-state index is 0. The third-order valence-electron chi connectivity index (χ3n) is 6.07. The van der Waals surface area contributed by atoms with Gasteiger partial charge in [-0.05, 0) is 37.5 Å². The van der Waals surface area contributed by atoms with Crippen molar-refractivity contribution in [3.8, 4) is 0 Å². The van der Waals surface area contributed by atoms with Crippen LogP contribution < -0.4 is 10.2 Å². The first kappa shape index (κ1) is 20.2. The van der Waals surface area contributed by atoms with E-state index in [1.807, 2.05) is 7.05 Å². The van der Waals surface area contributed by atoms with Crippen LogP contribution in [0.2, 0.25) is 0 Å². The van der Waals surface area contributed by atoms with Crippen molar-refractivity contribution >= 4 is 46.4 Å². The Hall–Kier alpha value is -0.570. The maximum absolute atomic E-state index is 4.82. The van der Waals surface area contributed by atoms with E-state index in [9.17, 15) is 0 Å². The molecule has 2 unspecified atom stereocenters. The van der Waals surface area contributed by atoms with E-state index in [-0.39, 0.29) is 24.0 Å².